The molecular formula is C27H34F3N7O4S. The second-order valence-electron chi connectivity index (χ2n) is 12.2. The largest absolute Gasteiger partial charge is 0.476 e. The van der Waals surface area contributed by atoms with Gasteiger partial charge in [0.1, 0.15) is 17.3 Å². The Hall–Kier alpha value is -3.62. The van der Waals surface area contributed by atoms with E-state index < -0.39 is 39.7 Å². The van der Waals surface area contributed by atoms with E-state index in [1.165, 1.54) is 35.3 Å². The molecule has 0 radical (unpaired) electrons. The molecular weight excluding hydrogens is 575 g/mol. The van der Waals surface area contributed by atoms with Crippen LogP contribution in [0.4, 0.5) is 19.0 Å². The number of carbonyl (C=O) groups is 1. The Bertz CT molecular complexity index is 1610. The van der Waals surface area contributed by atoms with E-state index in [1.807, 2.05) is 18.7 Å². The highest BCUT2D eigenvalue weighted by atomic mass is 32.2. The average molecular weight is 610 g/mol. The molecule has 11 nitrogen and oxygen atoms in total. The molecule has 0 aromatic carbocycles. The number of fused-ring (bicyclic) bond motifs is 6. The number of anilines is 1. The molecule has 1 fully saturated rings. The maximum absolute atomic E-state index is 13.5. The Balaban J connectivity index is 1.52. The fourth-order valence-electron chi connectivity index (χ4n) is 5.43. The van der Waals surface area contributed by atoms with Gasteiger partial charge < -0.3 is 9.64 Å². The number of nitrogens with zero attached hydrogens (tertiary/aromatic N) is 6. The molecule has 15 heteroatoms. The number of alkyl halides is 3. The van der Waals surface area contributed by atoms with E-state index in [0.717, 1.165) is 33.1 Å². The van der Waals surface area contributed by atoms with E-state index in [9.17, 15) is 26.4 Å². The monoisotopic (exact) mass is 609 g/mol. The van der Waals surface area contributed by atoms with Crippen LogP contribution in [-0.4, -0.2) is 63.7 Å². The van der Waals surface area contributed by atoms with Crippen molar-refractivity contribution < 1.29 is 31.1 Å². The molecule has 1 amide bonds. The zero-order valence-electron chi connectivity index (χ0n) is 24.1. The molecule has 1 unspecified atom stereocenters. The van der Waals surface area contributed by atoms with Crippen molar-refractivity contribution >= 4 is 21.7 Å². The number of hydrogen-bond acceptors (Lipinski definition) is 8. The van der Waals surface area contributed by atoms with Crippen LogP contribution in [0.5, 0.6) is 5.88 Å². The summed E-state index contributed by atoms with van der Waals surface area (Å²) < 4.78 is 76.6. The van der Waals surface area contributed by atoms with Gasteiger partial charge in [-0.1, -0.05) is 0 Å². The molecule has 1 atom stereocenters. The van der Waals surface area contributed by atoms with Crippen LogP contribution < -0.4 is 14.4 Å². The lowest BCUT2D eigenvalue weighted by Gasteiger charge is -2.34. The quantitative estimate of drug-likeness (QED) is 0.466. The Morgan fingerprint density at radius 2 is 1.93 bits per heavy atom. The van der Waals surface area contributed by atoms with Crippen molar-refractivity contribution in [1.82, 2.24) is 29.3 Å². The molecule has 2 aliphatic heterocycles. The molecule has 1 saturated heterocycles. The van der Waals surface area contributed by atoms with Crippen molar-refractivity contribution in [2.45, 2.75) is 77.0 Å². The predicted octanol–water partition coefficient (Wildman–Crippen LogP) is 4.26. The van der Waals surface area contributed by atoms with E-state index in [2.05, 4.69) is 14.9 Å². The van der Waals surface area contributed by atoms with Gasteiger partial charge in [0.25, 0.3) is 15.9 Å². The maximum Gasteiger partial charge on any atom is 0.397 e. The number of amides is 1. The van der Waals surface area contributed by atoms with Crippen LogP contribution in [0.25, 0.3) is 5.82 Å². The summed E-state index contributed by atoms with van der Waals surface area (Å²) in [7, 11) is -4.22. The van der Waals surface area contributed by atoms with Crippen molar-refractivity contribution in [2.75, 3.05) is 18.1 Å². The molecule has 5 heterocycles. The summed E-state index contributed by atoms with van der Waals surface area (Å²) in [5.74, 6) is 0.00662. The van der Waals surface area contributed by atoms with E-state index >= 15 is 0 Å². The first kappa shape index (κ1) is 29.9. The van der Waals surface area contributed by atoms with E-state index in [1.54, 1.807) is 11.6 Å². The Morgan fingerprint density at radius 1 is 1.19 bits per heavy atom. The van der Waals surface area contributed by atoms with Gasteiger partial charge in [0.2, 0.25) is 5.88 Å². The maximum atomic E-state index is 13.5. The molecule has 2 aliphatic rings. The van der Waals surface area contributed by atoms with Gasteiger partial charge in [-0.15, -0.1) is 5.10 Å². The summed E-state index contributed by atoms with van der Waals surface area (Å²) in [5.41, 5.74) is -1.97. The second kappa shape index (κ2) is 10.3. The van der Waals surface area contributed by atoms with Gasteiger partial charge in [0, 0.05) is 30.9 Å². The molecule has 0 aliphatic carbocycles. The molecule has 0 saturated carbocycles. The zero-order chi connectivity index (χ0) is 30.7. The SMILES string of the molecule is Cc1c2cnn1CCCC1CN(c3nc(-n4ccc(OCC(C)(C)C(F)(F)F)n4)ccc3C(=O)NS2(=O)=O)C(C)(C)C1. The number of aryl methyl sites for hydroxylation is 1. The molecule has 228 valence electrons. The van der Waals surface area contributed by atoms with Gasteiger partial charge in [0.05, 0.1) is 22.9 Å². The van der Waals surface area contributed by atoms with Gasteiger partial charge in [-0.3, -0.25) is 9.48 Å². The minimum Gasteiger partial charge on any atom is -0.476 e. The summed E-state index contributed by atoms with van der Waals surface area (Å²) in [6.45, 7) is 8.36. The first-order valence-electron chi connectivity index (χ1n) is 13.6. The van der Waals surface area contributed by atoms with Crippen molar-refractivity contribution in [3.8, 4) is 11.7 Å². The number of nitrogens with one attached hydrogen (secondary N) is 1. The summed E-state index contributed by atoms with van der Waals surface area (Å²) in [5, 5.41) is 8.47. The predicted molar refractivity (Wildman–Crippen MR) is 147 cm³/mol. The van der Waals surface area contributed by atoms with Crippen molar-refractivity contribution in [3.63, 3.8) is 0 Å². The van der Waals surface area contributed by atoms with Gasteiger partial charge in [-0.2, -0.15) is 18.3 Å². The van der Waals surface area contributed by atoms with Crippen LogP contribution in [0.1, 0.15) is 63.0 Å². The highest BCUT2D eigenvalue weighted by Gasteiger charge is 2.48. The lowest BCUT2D eigenvalue weighted by Crippen LogP contribution is -2.41. The van der Waals surface area contributed by atoms with Crippen LogP contribution >= 0.6 is 0 Å². The minimum atomic E-state index is -4.45. The number of sulfonamides is 1. The van der Waals surface area contributed by atoms with Gasteiger partial charge in [0.15, 0.2) is 5.82 Å². The lowest BCUT2D eigenvalue weighted by atomic mass is 9.93. The number of rotatable bonds is 4. The van der Waals surface area contributed by atoms with E-state index in [0.29, 0.717) is 24.7 Å². The Labute approximate surface area is 242 Å². The first-order chi connectivity index (χ1) is 19.5. The highest BCUT2D eigenvalue weighted by Crippen LogP contribution is 2.40. The number of pyridine rings is 1. The number of carbonyl (C=O) groups excluding carboxylic acids is 1. The van der Waals surface area contributed by atoms with Gasteiger partial charge in [-0.25, -0.2) is 22.8 Å². The van der Waals surface area contributed by atoms with Crippen LogP contribution in [0.3, 0.4) is 0 Å². The smallest absolute Gasteiger partial charge is 0.397 e. The summed E-state index contributed by atoms with van der Waals surface area (Å²) in [4.78, 5) is 20.2. The molecule has 3 aromatic heterocycles. The summed E-state index contributed by atoms with van der Waals surface area (Å²) in [6, 6.07) is 4.40. The van der Waals surface area contributed by atoms with E-state index in [-0.39, 0.29) is 28.0 Å². The molecule has 3 aromatic rings. The molecule has 0 spiro atoms. The first-order valence-corrected chi connectivity index (χ1v) is 15.1. The lowest BCUT2D eigenvalue weighted by molar-refractivity contribution is -0.219. The van der Waals surface area contributed by atoms with Gasteiger partial charge in [-0.05, 0) is 71.9 Å². The zero-order valence-corrected chi connectivity index (χ0v) is 24.9. The minimum absolute atomic E-state index is 0.0180. The van der Waals surface area contributed by atoms with Crippen LogP contribution in [0.2, 0.25) is 0 Å². The fraction of sp³-hybridized carbons (Fsp3) is 0.556. The van der Waals surface area contributed by atoms with Crippen LogP contribution in [-0.2, 0) is 16.6 Å². The molecule has 42 heavy (non-hydrogen) atoms. The van der Waals surface area contributed by atoms with Gasteiger partial charge >= 0.3 is 6.18 Å². The summed E-state index contributed by atoms with van der Waals surface area (Å²) in [6.07, 6.45) is 0.793. The Kier molecular flexibility index (Phi) is 7.31. The fourth-order valence-corrected chi connectivity index (χ4v) is 6.57. The average Bonchev–Trinajstić information content (AvgIpc) is 3.58. The number of hydrogen-bond donors (Lipinski definition) is 1. The van der Waals surface area contributed by atoms with Crippen LogP contribution in [0.15, 0.2) is 35.5 Å². The van der Waals surface area contributed by atoms with Crippen molar-refractivity contribution in [2.24, 2.45) is 11.3 Å². The van der Waals surface area contributed by atoms with E-state index in [4.69, 9.17) is 9.72 Å². The van der Waals surface area contributed by atoms with Crippen LogP contribution in [0, 0.1) is 18.3 Å². The standard InChI is InChI=1S/C27H34F3N7O4S/c1-17-20-14-31-36(17)11-6-7-18-13-26(4,5)35(15-18)23-19(24(38)34-42(20,39)40)8-9-21(32-23)37-12-10-22(33-37)41-16-25(2,3)27(28,29)30/h8-10,12,14,18H,6-7,11,13,15-16H2,1-5H3,(H,34,38). The molecule has 1 N–H and O–H groups in total. The third-order valence-corrected chi connectivity index (χ3v) is 9.46. The molecule has 5 rings (SSSR count). The second-order valence-corrected chi connectivity index (χ2v) is 13.8. The highest BCUT2D eigenvalue weighted by molar-refractivity contribution is 7.90. The number of aromatic nitrogens is 5. The van der Waals surface area contributed by atoms with Crippen molar-refractivity contribution in [1.29, 1.82) is 0 Å². The Morgan fingerprint density at radius 3 is 2.64 bits per heavy atom. The third-order valence-electron chi connectivity index (χ3n) is 8.03. The van der Waals surface area contributed by atoms with Crippen molar-refractivity contribution in [3.05, 3.63) is 41.9 Å². The third kappa shape index (κ3) is 5.57. The molecule has 4 bridgehead atoms. The number of ether oxygens (including phenoxy) is 1. The number of halogens is 3. The summed E-state index contributed by atoms with van der Waals surface area (Å²) >= 11 is 0. The topological polar surface area (TPSA) is 124 Å². The normalized spacial score (nSPS) is 20.5.